The zero-order chi connectivity index (χ0) is 13.1. The van der Waals surface area contributed by atoms with E-state index in [1.807, 2.05) is 25.2 Å². The zero-order valence-electron chi connectivity index (χ0n) is 10.6. The van der Waals surface area contributed by atoms with Crippen molar-refractivity contribution in [3.63, 3.8) is 0 Å². The molecule has 0 fully saturated rings. The fourth-order valence-electron chi connectivity index (χ4n) is 1.64. The lowest BCUT2D eigenvalue weighted by Gasteiger charge is -2.07. The fraction of sp³-hybridized carbons (Fsp3) is 0.250. The van der Waals surface area contributed by atoms with E-state index in [0.29, 0.717) is 23.1 Å². The molecule has 0 radical (unpaired) electrons. The Bertz CT molecular complexity index is 551. The van der Waals surface area contributed by atoms with Crippen molar-refractivity contribution >= 4 is 17.2 Å². The molecule has 0 aliphatic heterocycles. The molecule has 0 aliphatic rings. The lowest BCUT2D eigenvalue weighted by Crippen LogP contribution is -1.97. The minimum atomic E-state index is 0.599. The monoisotopic (exact) mass is 248 g/mol. The van der Waals surface area contributed by atoms with Crippen molar-refractivity contribution in [2.75, 3.05) is 25.3 Å². The predicted molar refractivity (Wildman–Crippen MR) is 70.4 cm³/mol. The maximum absolute atomic E-state index is 5.75. The molecule has 0 bridgehead atoms. The molecule has 0 unspecified atom stereocenters. The maximum atomic E-state index is 5.75. The second-order valence-corrected chi connectivity index (χ2v) is 3.78. The van der Waals surface area contributed by atoms with Gasteiger partial charge >= 0.3 is 0 Å². The molecule has 6 nitrogen and oxygen atoms in total. The third-order valence-corrected chi connectivity index (χ3v) is 2.55. The molecule has 0 amide bonds. The third kappa shape index (κ3) is 2.32. The molecule has 2 aromatic rings. The first-order valence-electron chi connectivity index (χ1n) is 5.42. The first-order valence-corrected chi connectivity index (χ1v) is 5.42. The van der Waals surface area contributed by atoms with Crippen molar-refractivity contribution in [2.24, 2.45) is 7.05 Å². The third-order valence-electron chi connectivity index (χ3n) is 2.55. The molecule has 0 saturated heterocycles. The number of nitrogens with one attached hydrogen (secondary N) is 1. The molecule has 0 atom stereocenters. The van der Waals surface area contributed by atoms with Crippen molar-refractivity contribution in [3.8, 4) is 11.6 Å². The number of aromatic nitrogens is 2. The quantitative estimate of drug-likeness (QED) is 0.806. The molecule has 0 aliphatic carbocycles. The Morgan fingerprint density at radius 3 is 2.61 bits per heavy atom. The number of anilines is 3. The van der Waals surface area contributed by atoms with Crippen LogP contribution in [0.15, 0.2) is 24.3 Å². The van der Waals surface area contributed by atoms with Crippen LogP contribution in [0.1, 0.15) is 0 Å². The van der Waals surface area contributed by atoms with Crippen LogP contribution >= 0.6 is 0 Å². The lowest BCUT2D eigenvalue weighted by molar-refractivity contribution is 0.373. The van der Waals surface area contributed by atoms with Gasteiger partial charge in [0, 0.05) is 24.9 Å². The van der Waals surface area contributed by atoms with Gasteiger partial charge < -0.3 is 20.5 Å². The van der Waals surface area contributed by atoms with Crippen molar-refractivity contribution < 1.29 is 9.47 Å². The molecule has 2 rings (SSSR count). The number of aryl methyl sites for hydroxylation is 1. The molecular weight excluding hydrogens is 232 g/mol. The van der Waals surface area contributed by atoms with Crippen LogP contribution < -0.4 is 20.5 Å². The van der Waals surface area contributed by atoms with Crippen molar-refractivity contribution in [1.82, 2.24) is 9.78 Å². The number of benzene rings is 1. The van der Waals surface area contributed by atoms with Gasteiger partial charge in [-0.25, -0.2) is 4.68 Å². The van der Waals surface area contributed by atoms with E-state index in [2.05, 4.69) is 10.4 Å². The van der Waals surface area contributed by atoms with E-state index in [0.717, 1.165) is 5.69 Å². The number of nitrogen functional groups attached to an aromatic ring is 1. The number of ether oxygens (including phenoxy) is 2. The Labute approximate surface area is 105 Å². The highest BCUT2D eigenvalue weighted by atomic mass is 16.5. The minimum absolute atomic E-state index is 0.599. The van der Waals surface area contributed by atoms with Crippen LogP contribution in [0.4, 0.5) is 17.2 Å². The summed E-state index contributed by atoms with van der Waals surface area (Å²) in [5, 5.41) is 7.42. The van der Waals surface area contributed by atoms with Gasteiger partial charge in [-0.15, -0.1) is 0 Å². The highest BCUT2D eigenvalue weighted by Gasteiger charge is 2.06. The van der Waals surface area contributed by atoms with Gasteiger partial charge in [-0.3, -0.25) is 0 Å². The number of methoxy groups -OCH3 is 2. The first-order chi connectivity index (χ1) is 8.63. The summed E-state index contributed by atoms with van der Waals surface area (Å²) in [5.74, 6) is 2.00. The van der Waals surface area contributed by atoms with Crippen LogP contribution in [0.2, 0.25) is 0 Å². The summed E-state index contributed by atoms with van der Waals surface area (Å²) in [4.78, 5) is 0. The summed E-state index contributed by atoms with van der Waals surface area (Å²) in [6.07, 6.45) is 0. The highest BCUT2D eigenvalue weighted by Crippen LogP contribution is 2.27. The smallest absolute Gasteiger partial charge is 0.213 e. The largest absolute Gasteiger partial charge is 0.495 e. The van der Waals surface area contributed by atoms with Crippen molar-refractivity contribution in [1.29, 1.82) is 0 Å². The Balaban J connectivity index is 2.22. The fourth-order valence-corrected chi connectivity index (χ4v) is 1.64. The Hall–Kier alpha value is -2.37. The van der Waals surface area contributed by atoms with Crippen LogP contribution in [0.3, 0.4) is 0 Å². The first kappa shape index (κ1) is 12.1. The standard InChI is InChI=1S/C12H16N4O2/c1-16-12(18-3)7-11(15-16)14-8-4-5-9(13)10(6-8)17-2/h4-7H,13H2,1-3H3,(H,14,15). The van der Waals surface area contributed by atoms with E-state index in [-0.39, 0.29) is 0 Å². The summed E-state index contributed by atoms with van der Waals surface area (Å²) < 4.78 is 12.0. The number of rotatable bonds is 4. The number of nitrogens with zero attached hydrogens (tertiary/aromatic N) is 2. The average Bonchev–Trinajstić information content (AvgIpc) is 2.72. The van der Waals surface area contributed by atoms with Crippen LogP contribution in [-0.4, -0.2) is 24.0 Å². The summed E-state index contributed by atoms with van der Waals surface area (Å²) in [7, 11) is 5.00. The van der Waals surface area contributed by atoms with Crippen LogP contribution in [0, 0.1) is 0 Å². The van der Waals surface area contributed by atoms with Crippen molar-refractivity contribution in [3.05, 3.63) is 24.3 Å². The summed E-state index contributed by atoms with van der Waals surface area (Å²) >= 11 is 0. The van der Waals surface area contributed by atoms with E-state index < -0.39 is 0 Å². The number of hydrogen-bond donors (Lipinski definition) is 2. The predicted octanol–water partition coefficient (Wildman–Crippen LogP) is 1.76. The summed E-state index contributed by atoms with van der Waals surface area (Å²) in [6, 6.07) is 7.26. The van der Waals surface area contributed by atoms with Gasteiger partial charge in [0.2, 0.25) is 5.88 Å². The van der Waals surface area contributed by atoms with E-state index in [9.17, 15) is 0 Å². The molecule has 6 heteroatoms. The SMILES string of the molecule is COc1cc(Nc2cc(OC)n(C)n2)ccc1N. The second kappa shape index (κ2) is 4.87. The Kier molecular flexibility index (Phi) is 3.27. The molecule has 3 N–H and O–H groups in total. The number of nitrogens with two attached hydrogens (primary N) is 1. The topological polar surface area (TPSA) is 74.3 Å². The average molecular weight is 248 g/mol. The summed E-state index contributed by atoms with van der Waals surface area (Å²) in [6.45, 7) is 0. The van der Waals surface area contributed by atoms with Crippen LogP contribution in [0.5, 0.6) is 11.6 Å². The molecule has 1 aromatic heterocycles. The second-order valence-electron chi connectivity index (χ2n) is 3.78. The molecule has 1 heterocycles. The maximum Gasteiger partial charge on any atom is 0.213 e. The van der Waals surface area contributed by atoms with Gasteiger partial charge in [-0.05, 0) is 12.1 Å². The molecular formula is C12H16N4O2. The van der Waals surface area contributed by atoms with E-state index in [1.165, 1.54) is 0 Å². The van der Waals surface area contributed by atoms with Crippen LogP contribution in [0.25, 0.3) is 0 Å². The van der Waals surface area contributed by atoms with E-state index in [4.69, 9.17) is 15.2 Å². The normalized spacial score (nSPS) is 10.2. The van der Waals surface area contributed by atoms with Gasteiger partial charge in [0.1, 0.15) is 5.75 Å². The van der Waals surface area contributed by atoms with E-state index >= 15 is 0 Å². The summed E-state index contributed by atoms with van der Waals surface area (Å²) in [5.41, 5.74) is 7.20. The molecule has 0 spiro atoms. The molecule has 18 heavy (non-hydrogen) atoms. The minimum Gasteiger partial charge on any atom is -0.495 e. The van der Waals surface area contributed by atoms with Gasteiger partial charge in [-0.1, -0.05) is 0 Å². The zero-order valence-corrected chi connectivity index (χ0v) is 10.6. The van der Waals surface area contributed by atoms with Gasteiger partial charge in [0.15, 0.2) is 5.82 Å². The van der Waals surface area contributed by atoms with E-state index in [1.54, 1.807) is 25.0 Å². The Morgan fingerprint density at radius 2 is 2.00 bits per heavy atom. The number of hydrogen-bond acceptors (Lipinski definition) is 5. The molecule has 96 valence electrons. The molecule has 0 saturated carbocycles. The van der Waals surface area contributed by atoms with Crippen molar-refractivity contribution in [2.45, 2.75) is 0 Å². The Morgan fingerprint density at radius 1 is 1.22 bits per heavy atom. The van der Waals surface area contributed by atoms with Gasteiger partial charge in [0.05, 0.1) is 19.9 Å². The van der Waals surface area contributed by atoms with Gasteiger partial charge in [-0.2, -0.15) is 5.10 Å². The van der Waals surface area contributed by atoms with Gasteiger partial charge in [0.25, 0.3) is 0 Å². The lowest BCUT2D eigenvalue weighted by atomic mass is 10.2. The van der Waals surface area contributed by atoms with Crippen LogP contribution in [-0.2, 0) is 7.05 Å². The highest BCUT2D eigenvalue weighted by molar-refractivity contribution is 5.65. The molecule has 1 aromatic carbocycles.